The number of hydrogen-bond acceptors (Lipinski definition) is 3. The van der Waals surface area contributed by atoms with Crippen molar-refractivity contribution in [2.75, 3.05) is 5.88 Å². The Morgan fingerprint density at radius 1 is 1.38 bits per heavy atom. The molecule has 0 fully saturated rings. The van der Waals surface area contributed by atoms with Gasteiger partial charge in [0.25, 0.3) is 0 Å². The van der Waals surface area contributed by atoms with E-state index in [0.29, 0.717) is 24.1 Å². The Labute approximate surface area is 83.5 Å². The normalized spacial score (nSPS) is 13.2. The van der Waals surface area contributed by atoms with Crippen LogP contribution in [-0.2, 0) is 12.8 Å². The first-order valence-corrected chi connectivity index (χ1v) is 5.17. The molecule has 0 aromatic carbocycles. The summed E-state index contributed by atoms with van der Waals surface area (Å²) in [5.41, 5.74) is 0. The molecule has 0 spiro atoms. The van der Waals surface area contributed by atoms with Crippen molar-refractivity contribution in [2.45, 2.75) is 33.1 Å². The molecule has 4 heteroatoms. The molecule has 0 saturated heterocycles. The molecular weight excluding hydrogens is 188 g/mol. The van der Waals surface area contributed by atoms with Gasteiger partial charge in [-0.25, -0.2) is 0 Å². The average molecular weight is 203 g/mol. The second-order valence-electron chi connectivity index (χ2n) is 3.25. The summed E-state index contributed by atoms with van der Waals surface area (Å²) in [4.78, 5) is 0. The van der Waals surface area contributed by atoms with E-state index in [9.17, 15) is 0 Å². The zero-order chi connectivity index (χ0) is 9.68. The zero-order valence-electron chi connectivity index (χ0n) is 8.09. The van der Waals surface area contributed by atoms with E-state index in [0.717, 1.165) is 18.7 Å². The number of nitrogens with zero attached hydrogens (tertiary/aromatic N) is 2. The highest BCUT2D eigenvalue weighted by atomic mass is 35.5. The molecule has 0 saturated carbocycles. The summed E-state index contributed by atoms with van der Waals surface area (Å²) in [5, 5.41) is 7.84. The van der Waals surface area contributed by atoms with E-state index in [2.05, 4.69) is 24.0 Å². The SMILES string of the molecule is CCC(C)Cc1nnc(CCCl)o1. The van der Waals surface area contributed by atoms with Crippen LogP contribution in [0.2, 0.25) is 0 Å². The topological polar surface area (TPSA) is 38.9 Å². The summed E-state index contributed by atoms with van der Waals surface area (Å²) in [5.74, 6) is 2.51. The van der Waals surface area contributed by atoms with Crippen molar-refractivity contribution in [3.8, 4) is 0 Å². The molecule has 13 heavy (non-hydrogen) atoms. The monoisotopic (exact) mass is 202 g/mol. The lowest BCUT2D eigenvalue weighted by atomic mass is 10.1. The highest BCUT2D eigenvalue weighted by molar-refractivity contribution is 6.17. The van der Waals surface area contributed by atoms with Crippen molar-refractivity contribution in [1.82, 2.24) is 10.2 Å². The van der Waals surface area contributed by atoms with E-state index in [1.54, 1.807) is 0 Å². The fourth-order valence-electron chi connectivity index (χ4n) is 0.995. The van der Waals surface area contributed by atoms with Gasteiger partial charge in [0, 0.05) is 18.7 Å². The highest BCUT2D eigenvalue weighted by Gasteiger charge is 2.08. The molecule has 0 bridgehead atoms. The van der Waals surface area contributed by atoms with Crippen molar-refractivity contribution in [3.05, 3.63) is 11.8 Å². The van der Waals surface area contributed by atoms with Gasteiger partial charge in [0.1, 0.15) is 0 Å². The number of rotatable bonds is 5. The molecule has 0 amide bonds. The highest BCUT2D eigenvalue weighted by Crippen LogP contribution is 2.10. The second kappa shape index (κ2) is 5.22. The largest absolute Gasteiger partial charge is 0.425 e. The molecule has 0 aliphatic heterocycles. The van der Waals surface area contributed by atoms with Crippen molar-refractivity contribution in [3.63, 3.8) is 0 Å². The molecule has 3 nitrogen and oxygen atoms in total. The van der Waals surface area contributed by atoms with Gasteiger partial charge >= 0.3 is 0 Å². The Bertz CT molecular complexity index is 250. The first kappa shape index (κ1) is 10.5. The van der Waals surface area contributed by atoms with Crippen LogP contribution in [0.1, 0.15) is 32.0 Å². The van der Waals surface area contributed by atoms with Gasteiger partial charge in [0.2, 0.25) is 11.8 Å². The lowest BCUT2D eigenvalue weighted by molar-refractivity contribution is 0.414. The fourth-order valence-corrected chi connectivity index (χ4v) is 1.16. The van der Waals surface area contributed by atoms with Gasteiger partial charge in [-0.1, -0.05) is 20.3 Å². The summed E-state index contributed by atoms with van der Waals surface area (Å²) in [7, 11) is 0. The predicted molar refractivity (Wildman–Crippen MR) is 51.9 cm³/mol. The molecule has 1 aromatic rings. The quantitative estimate of drug-likeness (QED) is 0.689. The average Bonchev–Trinajstić information content (AvgIpc) is 2.53. The molecule has 1 unspecified atom stereocenters. The van der Waals surface area contributed by atoms with Crippen molar-refractivity contribution < 1.29 is 4.42 Å². The molecular formula is C9H15ClN2O. The fraction of sp³-hybridized carbons (Fsp3) is 0.778. The maximum Gasteiger partial charge on any atom is 0.217 e. The standard InChI is InChI=1S/C9H15ClN2O/c1-3-7(2)6-9-12-11-8(13-9)4-5-10/h7H,3-6H2,1-2H3. The van der Waals surface area contributed by atoms with E-state index >= 15 is 0 Å². The lowest BCUT2D eigenvalue weighted by Gasteiger charge is -2.02. The summed E-state index contributed by atoms with van der Waals surface area (Å²) >= 11 is 5.55. The minimum absolute atomic E-state index is 0.533. The molecule has 0 aliphatic rings. The molecule has 1 rings (SSSR count). The van der Waals surface area contributed by atoms with Crippen molar-refractivity contribution in [1.29, 1.82) is 0 Å². The summed E-state index contributed by atoms with van der Waals surface area (Å²) in [6, 6.07) is 0. The summed E-state index contributed by atoms with van der Waals surface area (Å²) < 4.78 is 5.39. The minimum atomic E-state index is 0.533. The van der Waals surface area contributed by atoms with Gasteiger partial charge in [-0.15, -0.1) is 21.8 Å². The molecule has 1 heterocycles. The first-order chi connectivity index (χ1) is 6.26. The smallest absolute Gasteiger partial charge is 0.217 e. The molecule has 0 radical (unpaired) electrons. The second-order valence-corrected chi connectivity index (χ2v) is 3.62. The molecule has 74 valence electrons. The van der Waals surface area contributed by atoms with Crippen LogP contribution >= 0.6 is 11.6 Å². The van der Waals surface area contributed by atoms with Crippen molar-refractivity contribution in [2.24, 2.45) is 5.92 Å². The Morgan fingerprint density at radius 2 is 2.08 bits per heavy atom. The van der Waals surface area contributed by atoms with Crippen LogP contribution < -0.4 is 0 Å². The van der Waals surface area contributed by atoms with Gasteiger partial charge in [-0.2, -0.15) is 0 Å². The number of aromatic nitrogens is 2. The Kier molecular flexibility index (Phi) is 4.22. The van der Waals surface area contributed by atoms with Crippen LogP contribution in [0.3, 0.4) is 0 Å². The van der Waals surface area contributed by atoms with E-state index in [4.69, 9.17) is 16.0 Å². The van der Waals surface area contributed by atoms with E-state index in [-0.39, 0.29) is 0 Å². The molecule has 1 aromatic heterocycles. The third kappa shape index (κ3) is 3.35. The van der Waals surface area contributed by atoms with Crippen LogP contribution in [0.5, 0.6) is 0 Å². The van der Waals surface area contributed by atoms with E-state index in [1.165, 1.54) is 0 Å². The van der Waals surface area contributed by atoms with E-state index in [1.807, 2.05) is 0 Å². The maximum atomic E-state index is 5.55. The predicted octanol–water partition coefficient (Wildman–Crippen LogP) is 2.44. The third-order valence-corrected chi connectivity index (χ3v) is 2.23. The van der Waals surface area contributed by atoms with Gasteiger partial charge < -0.3 is 4.42 Å². The Hall–Kier alpha value is -0.570. The Morgan fingerprint density at radius 3 is 2.69 bits per heavy atom. The van der Waals surface area contributed by atoms with Crippen molar-refractivity contribution >= 4 is 11.6 Å². The number of alkyl halides is 1. The van der Waals surface area contributed by atoms with Crippen LogP contribution in [-0.4, -0.2) is 16.1 Å². The lowest BCUT2D eigenvalue weighted by Crippen LogP contribution is -1.97. The van der Waals surface area contributed by atoms with Crippen LogP contribution in [0, 0.1) is 5.92 Å². The van der Waals surface area contributed by atoms with E-state index < -0.39 is 0 Å². The van der Waals surface area contributed by atoms with Gasteiger partial charge in [-0.05, 0) is 5.92 Å². The minimum Gasteiger partial charge on any atom is -0.425 e. The number of halogens is 1. The van der Waals surface area contributed by atoms with Gasteiger partial charge in [0.05, 0.1) is 0 Å². The zero-order valence-corrected chi connectivity index (χ0v) is 8.84. The van der Waals surface area contributed by atoms with Crippen LogP contribution in [0.4, 0.5) is 0 Å². The maximum absolute atomic E-state index is 5.55. The number of hydrogen-bond donors (Lipinski definition) is 0. The summed E-state index contributed by atoms with van der Waals surface area (Å²) in [6.07, 6.45) is 2.66. The van der Waals surface area contributed by atoms with Gasteiger partial charge in [0.15, 0.2) is 0 Å². The van der Waals surface area contributed by atoms with Crippen LogP contribution in [0.25, 0.3) is 0 Å². The van der Waals surface area contributed by atoms with Gasteiger partial charge in [-0.3, -0.25) is 0 Å². The summed E-state index contributed by atoms with van der Waals surface area (Å²) in [6.45, 7) is 4.33. The number of aryl methyl sites for hydroxylation is 1. The molecule has 1 atom stereocenters. The first-order valence-electron chi connectivity index (χ1n) is 4.63. The molecule has 0 N–H and O–H groups in total. The Balaban J connectivity index is 2.48. The third-order valence-electron chi connectivity index (χ3n) is 2.04. The molecule has 0 aliphatic carbocycles. The van der Waals surface area contributed by atoms with Crippen LogP contribution in [0.15, 0.2) is 4.42 Å².